The van der Waals surface area contributed by atoms with Gasteiger partial charge in [0.1, 0.15) is 0 Å². The van der Waals surface area contributed by atoms with E-state index in [-0.39, 0.29) is 13.1 Å². The molecule has 2 rings (SSSR count). The molecule has 0 N–H and O–H groups in total. The summed E-state index contributed by atoms with van der Waals surface area (Å²) in [5.74, 6) is -0.981. The Labute approximate surface area is 133 Å². The van der Waals surface area contributed by atoms with Gasteiger partial charge in [-0.15, -0.1) is 0 Å². The second-order valence-corrected chi connectivity index (χ2v) is 4.67. The van der Waals surface area contributed by atoms with Crippen LogP contribution >= 0.6 is 0 Å². The van der Waals surface area contributed by atoms with Crippen LogP contribution in [0, 0.1) is 20.2 Å². The molecule has 0 bridgehead atoms. The average molecular weight is 336 g/mol. The molecule has 2 heterocycles. The van der Waals surface area contributed by atoms with Crippen molar-refractivity contribution in [3.05, 3.63) is 32.9 Å². The maximum atomic E-state index is 10.5. The van der Waals surface area contributed by atoms with Gasteiger partial charge < -0.3 is 20.2 Å². The van der Waals surface area contributed by atoms with Gasteiger partial charge in [0, 0.05) is 10.2 Å². The minimum Gasteiger partial charge on any atom is -0.390 e. The van der Waals surface area contributed by atoms with Crippen molar-refractivity contribution in [1.82, 2.24) is 29.5 Å². The number of rotatable bonds is 7. The lowest BCUT2D eigenvalue weighted by atomic mass is 10.4. The zero-order valence-electron chi connectivity index (χ0n) is 12.7. The van der Waals surface area contributed by atoms with Gasteiger partial charge in [0.25, 0.3) is 0 Å². The molecule has 14 nitrogen and oxygen atoms in total. The first-order valence-electron chi connectivity index (χ1n) is 6.49. The lowest BCUT2D eigenvalue weighted by Gasteiger charge is -1.97. The van der Waals surface area contributed by atoms with Crippen molar-refractivity contribution in [3.63, 3.8) is 0 Å². The minimum atomic E-state index is -0.692. The molecule has 14 heteroatoms. The molecule has 0 amide bonds. The van der Waals surface area contributed by atoms with Crippen LogP contribution in [0.4, 0.5) is 11.9 Å². The Morgan fingerprint density at radius 1 is 0.958 bits per heavy atom. The van der Waals surface area contributed by atoms with E-state index in [0.717, 1.165) is 0 Å². The Kier molecular flexibility index (Phi) is 4.98. The van der Waals surface area contributed by atoms with E-state index in [1.54, 1.807) is 13.8 Å². The summed E-state index contributed by atoms with van der Waals surface area (Å²) >= 11 is 0. The molecular formula is C10H12N10O4. The maximum Gasteiger partial charge on any atom is 0.490 e. The summed E-state index contributed by atoms with van der Waals surface area (Å²) in [6.07, 6.45) is 2.45. The van der Waals surface area contributed by atoms with E-state index in [4.69, 9.17) is 0 Å². The van der Waals surface area contributed by atoms with Crippen molar-refractivity contribution in [1.29, 1.82) is 0 Å². The van der Waals surface area contributed by atoms with Crippen LogP contribution in [0.25, 0.3) is 0 Å². The summed E-state index contributed by atoms with van der Waals surface area (Å²) in [6, 6.07) is 0. The molecule has 0 aromatic carbocycles. The van der Waals surface area contributed by atoms with Crippen LogP contribution < -0.4 is 0 Å². The van der Waals surface area contributed by atoms with Gasteiger partial charge in [-0.3, -0.25) is 0 Å². The quantitative estimate of drug-likeness (QED) is 0.392. The third-order valence-electron chi connectivity index (χ3n) is 2.55. The van der Waals surface area contributed by atoms with Gasteiger partial charge in [-0.2, -0.15) is 19.6 Å². The maximum absolute atomic E-state index is 10.5. The van der Waals surface area contributed by atoms with Gasteiger partial charge in [-0.05, 0) is 23.7 Å². The molecule has 0 radical (unpaired) electrons. The van der Waals surface area contributed by atoms with Gasteiger partial charge in [0.05, 0.1) is 24.5 Å². The molecule has 0 aliphatic heterocycles. The Hall–Kier alpha value is -3.58. The van der Waals surface area contributed by atoms with Crippen LogP contribution in [0.5, 0.6) is 0 Å². The second kappa shape index (κ2) is 7.12. The molecule has 0 aliphatic rings. The zero-order chi connectivity index (χ0) is 17.7. The van der Waals surface area contributed by atoms with Crippen molar-refractivity contribution in [2.75, 3.05) is 0 Å². The van der Waals surface area contributed by atoms with Crippen LogP contribution in [-0.4, -0.2) is 50.8 Å². The molecule has 0 saturated carbocycles. The van der Waals surface area contributed by atoms with E-state index in [1.807, 2.05) is 0 Å². The Morgan fingerprint density at radius 3 is 1.62 bits per heavy atom. The second-order valence-electron chi connectivity index (χ2n) is 4.67. The first-order chi connectivity index (χ1) is 11.3. The van der Waals surface area contributed by atoms with E-state index in [1.165, 1.54) is 22.0 Å². The molecule has 0 aliphatic carbocycles. The van der Waals surface area contributed by atoms with E-state index in [9.17, 15) is 20.2 Å². The van der Waals surface area contributed by atoms with E-state index in [2.05, 4.69) is 30.4 Å². The fourth-order valence-corrected chi connectivity index (χ4v) is 1.59. The molecule has 0 unspecified atom stereocenters. The summed E-state index contributed by atoms with van der Waals surface area (Å²) in [6.45, 7) is 3.72. The molecule has 24 heavy (non-hydrogen) atoms. The van der Waals surface area contributed by atoms with Crippen molar-refractivity contribution in [2.24, 2.45) is 10.2 Å². The van der Waals surface area contributed by atoms with Gasteiger partial charge >= 0.3 is 11.9 Å². The largest absolute Gasteiger partial charge is 0.490 e. The van der Waals surface area contributed by atoms with Crippen molar-refractivity contribution in [3.8, 4) is 0 Å². The lowest BCUT2D eigenvalue weighted by Crippen LogP contribution is -2.09. The fourth-order valence-electron chi connectivity index (χ4n) is 1.59. The number of nitrogens with zero attached hydrogens (tertiary/aromatic N) is 10. The topological polar surface area (TPSA) is 172 Å². The van der Waals surface area contributed by atoms with E-state index in [0.29, 0.717) is 11.4 Å². The minimum absolute atomic E-state index is 0.187. The molecule has 0 spiro atoms. The van der Waals surface area contributed by atoms with Crippen LogP contribution in [0.1, 0.15) is 13.8 Å². The highest BCUT2D eigenvalue weighted by Gasteiger charge is 2.14. The molecule has 0 atom stereocenters. The lowest BCUT2D eigenvalue weighted by molar-refractivity contribution is -0.394. The molecule has 126 valence electrons. The monoisotopic (exact) mass is 336 g/mol. The summed E-state index contributed by atoms with van der Waals surface area (Å²) < 4.78 is 2.53. The smallest absolute Gasteiger partial charge is 0.390 e. The summed E-state index contributed by atoms with van der Waals surface area (Å²) in [5, 5.41) is 36.2. The number of aromatic nitrogens is 6. The first kappa shape index (κ1) is 16.8. The van der Waals surface area contributed by atoms with Crippen molar-refractivity contribution in [2.45, 2.75) is 26.9 Å². The normalized spacial score (nSPS) is 12.4. The highest BCUT2D eigenvalue weighted by molar-refractivity contribution is 5.85. The molecular weight excluding hydrogens is 324 g/mol. The molecule has 0 fully saturated rings. The van der Waals surface area contributed by atoms with Crippen LogP contribution in [-0.2, 0) is 13.1 Å². The highest BCUT2D eigenvalue weighted by atomic mass is 16.6. The Morgan fingerprint density at radius 2 is 1.33 bits per heavy atom. The molecule has 0 saturated heterocycles. The van der Waals surface area contributed by atoms with E-state index < -0.39 is 21.7 Å². The van der Waals surface area contributed by atoms with E-state index >= 15 is 0 Å². The Bertz CT molecular complexity index is 751. The SMILES string of the molecule is C/C(Cn1cnc([N+](=O)[O-])n1)=N\N=C(/C)Cn1cnc([N+](=O)[O-])n1. The average Bonchev–Trinajstić information content (AvgIpc) is 3.14. The first-order valence-corrected chi connectivity index (χ1v) is 6.49. The summed E-state index contributed by atoms with van der Waals surface area (Å²) in [7, 11) is 0. The summed E-state index contributed by atoms with van der Waals surface area (Å²) in [4.78, 5) is 26.7. The van der Waals surface area contributed by atoms with Gasteiger partial charge in [0.2, 0.25) is 12.7 Å². The fraction of sp³-hybridized carbons (Fsp3) is 0.400. The van der Waals surface area contributed by atoms with Crippen LogP contribution in [0.2, 0.25) is 0 Å². The van der Waals surface area contributed by atoms with Crippen molar-refractivity contribution < 1.29 is 9.85 Å². The van der Waals surface area contributed by atoms with Crippen LogP contribution in [0.15, 0.2) is 22.9 Å². The predicted octanol–water partition coefficient (Wildman–Crippen LogP) is 0.223. The molecule has 2 aromatic heterocycles. The van der Waals surface area contributed by atoms with Gasteiger partial charge in [0.15, 0.2) is 0 Å². The molecule has 2 aromatic rings. The number of nitro groups is 2. The summed E-state index contributed by atoms with van der Waals surface area (Å²) in [5.41, 5.74) is 1.08. The van der Waals surface area contributed by atoms with Gasteiger partial charge in [-0.1, -0.05) is 9.97 Å². The van der Waals surface area contributed by atoms with Crippen LogP contribution in [0.3, 0.4) is 0 Å². The third kappa shape index (κ3) is 4.46. The standard InChI is InChI=1S/C10H12N10O4/c1-7(3-17-5-11-9(15-17)19(21)22)13-14-8(2)4-18-6-12-10(16-18)20(23)24/h5-6H,3-4H2,1-2H3/b13-7+,14-8+. The zero-order valence-corrected chi connectivity index (χ0v) is 12.7. The highest BCUT2D eigenvalue weighted by Crippen LogP contribution is 2.01. The van der Waals surface area contributed by atoms with Gasteiger partial charge in [-0.25, -0.2) is 0 Å². The van der Waals surface area contributed by atoms with Crippen molar-refractivity contribution >= 4 is 23.3 Å². The third-order valence-corrected chi connectivity index (χ3v) is 2.55. The Balaban J connectivity index is 1.96. The number of hydrogen-bond donors (Lipinski definition) is 0. The predicted molar refractivity (Wildman–Crippen MR) is 79.6 cm³/mol. The number of hydrogen-bond acceptors (Lipinski definition) is 10.